The minimum atomic E-state index is 0.0381. The maximum Gasteiger partial charge on any atom is 0.227 e. The Hall–Kier alpha value is -1.43. The molecule has 3 rings (SSSR count). The molecule has 1 aromatic heterocycles. The van der Waals surface area contributed by atoms with Crippen LogP contribution in [0.5, 0.6) is 0 Å². The van der Waals surface area contributed by atoms with Crippen LogP contribution in [0.1, 0.15) is 43.8 Å². The summed E-state index contributed by atoms with van der Waals surface area (Å²) in [5, 5.41) is 3.96. The van der Waals surface area contributed by atoms with E-state index in [0.29, 0.717) is 11.8 Å². The molecule has 1 aliphatic heterocycles. The molecule has 0 spiro atoms. The summed E-state index contributed by atoms with van der Waals surface area (Å²) in [6.45, 7) is 3.47. The molecule has 1 saturated heterocycles. The topological polar surface area (TPSA) is 85.2 Å². The van der Waals surface area contributed by atoms with Crippen molar-refractivity contribution in [2.24, 2.45) is 17.6 Å². The van der Waals surface area contributed by atoms with Crippen LogP contribution < -0.4 is 5.73 Å². The van der Waals surface area contributed by atoms with E-state index in [1.807, 2.05) is 4.90 Å². The quantitative estimate of drug-likeness (QED) is 0.907. The third-order valence-corrected chi connectivity index (χ3v) is 4.76. The van der Waals surface area contributed by atoms with Gasteiger partial charge in [-0.2, -0.15) is 4.98 Å². The number of aryl methyl sites for hydroxylation is 1. The summed E-state index contributed by atoms with van der Waals surface area (Å²) in [6, 6.07) is 0.0535. The fraction of sp³-hybridized carbons (Fsp3) is 0.800. The van der Waals surface area contributed by atoms with Gasteiger partial charge in [-0.25, -0.2) is 0 Å². The number of aromatic nitrogens is 2. The molecule has 3 atom stereocenters. The summed E-state index contributed by atoms with van der Waals surface area (Å²) >= 11 is 0. The first-order valence-electron chi connectivity index (χ1n) is 7.97. The Labute approximate surface area is 125 Å². The molecule has 2 aliphatic rings. The molecule has 21 heavy (non-hydrogen) atoms. The number of hydrogen-bond donors (Lipinski definition) is 1. The molecule has 0 aromatic carbocycles. The van der Waals surface area contributed by atoms with E-state index < -0.39 is 0 Å². The van der Waals surface area contributed by atoms with E-state index in [4.69, 9.17) is 10.3 Å². The van der Waals surface area contributed by atoms with E-state index >= 15 is 0 Å². The predicted octanol–water partition coefficient (Wildman–Crippen LogP) is 1.29. The highest BCUT2D eigenvalue weighted by molar-refractivity contribution is 5.80. The highest BCUT2D eigenvalue weighted by Crippen LogP contribution is 2.28. The number of rotatable bonds is 3. The monoisotopic (exact) mass is 292 g/mol. The van der Waals surface area contributed by atoms with Crippen molar-refractivity contribution in [1.29, 1.82) is 0 Å². The van der Waals surface area contributed by atoms with Crippen LogP contribution in [0.2, 0.25) is 0 Å². The van der Waals surface area contributed by atoms with Gasteiger partial charge in [-0.15, -0.1) is 0 Å². The Morgan fingerprint density at radius 3 is 2.90 bits per heavy atom. The van der Waals surface area contributed by atoms with E-state index in [0.717, 1.165) is 57.4 Å². The molecule has 6 heteroatoms. The number of nitrogens with zero attached hydrogens (tertiary/aromatic N) is 3. The third-order valence-electron chi connectivity index (χ3n) is 4.76. The number of piperidine rings is 1. The molecule has 0 unspecified atom stereocenters. The smallest absolute Gasteiger partial charge is 0.227 e. The average molecular weight is 292 g/mol. The van der Waals surface area contributed by atoms with Crippen molar-refractivity contribution >= 4 is 5.91 Å². The van der Waals surface area contributed by atoms with Crippen LogP contribution in [0.3, 0.4) is 0 Å². The largest absolute Gasteiger partial charge is 0.342 e. The maximum absolute atomic E-state index is 12.6. The molecule has 116 valence electrons. The minimum absolute atomic E-state index is 0.0381. The van der Waals surface area contributed by atoms with Gasteiger partial charge >= 0.3 is 0 Å². The Kier molecular flexibility index (Phi) is 4.24. The van der Waals surface area contributed by atoms with Gasteiger partial charge in [0, 0.05) is 32.5 Å². The molecule has 1 saturated carbocycles. The van der Waals surface area contributed by atoms with Crippen molar-refractivity contribution in [3.05, 3.63) is 11.7 Å². The first kappa shape index (κ1) is 14.5. The van der Waals surface area contributed by atoms with Crippen molar-refractivity contribution < 1.29 is 9.32 Å². The fourth-order valence-electron chi connectivity index (χ4n) is 3.64. The summed E-state index contributed by atoms with van der Waals surface area (Å²) in [6.07, 6.45) is 5.97. The lowest BCUT2D eigenvalue weighted by molar-refractivity contribution is -0.137. The van der Waals surface area contributed by atoms with Crippen molar-refractivity contribution in [1.82, 2.24) is 15.0 Å². The summed E-state index contributed by atoms with van der Waals surface area (Å²) < 4.78 is 5.02. The van der Waals surface area contributed by atoms with Gasteiger partial charge in [0.25, 0.3) is 0 Å². The lowest BCUT2D eigenvalue weighted by Gasteiger charge is -2.34. The second-order valence-corrected chi connectivity index (χ2v) is 6.43. The molecule has 1 amide bonds. The van der Waals surface area contributed by atoms with Crippen molar-refractivity contribution in [2.75, 3.05) is 13.1 Å². The maximum atomic E-state index is 12.6. The fourth-order valence-corrected chi connectivity index (χ4v) is 3.64. The number of carbonyl (C=O) groups is 1. The molecular weight excluding hydrogens is 268 g/mol. The number of hydrogen-bond acceptors (Lipinski definition) is 5. The lowest BCUT2D eigenvalue weighted by atomic mass is 9.92. The van der Waals surface area contributed by atoms with Crippen molar-refractivity contribution in [3.63, 3.8) is 0 Å². The normalized spacial score (nSPS) is 29.8. The number of nitrogens with two attached hydrogens (primary N) is 1. The second-order valence-electron chi connectivity index (χ2n) is 6.43. The molecule has 1 aliphatic carbocycles. The molecule has 2 fully saturated rings. The van der Waals surface area contributed by atoms with Crippen LogP contribution in [-0.4, -0.2) is 40.1 Å². The van der Waals surface area contributed by atoms with Gasteiger partial charge in [-0.3, -0.25) is 4.79 Å². The van der Waals surface area contributed by atoms with E-state index in [1.54, 1.807) is 6.92 Å². The Bertz CT molecular complexity index is 502. The summed E-state index contributed by atoms with van der Waals surface area (Å²) in [4.78, 5) is 18.9. The zero-order valence-electron chi connectivity index (χ0n) is 12.6. The van der Waals surface area contributed by atoms with Gasteiger partial charge < -0.3 is 15.2 Å². The van der Waals surface area contributed by atoms with Gasteiger partial charge in [0.05, 0.1) is 5.92 Å². The first-order valence-corrected chi connectivity index (χ1v) is 7.97. The van der Waals surface area contributed by atoms with E-state index in [-0.39, 0.29) is 17.9 Å². The highest BCUT2D eigenvalue weighted by atomic mass is 16.5. The molecule has 2 heterocycles. The molecule has 0 bridgehead atoms. The van der Waals surface area contributed by atoms with E-state index in [1.165, 1.54) is 0 Å². The van der Waals surface area contributed by atoms with Crippen LogP contribution in [0.4, 0.5) is 0 Å². The zero-order chi connectivity index (χ0) is 14.8. The number of amides is 1. The molecule has 2 N–H and O–H groups in total. The Morgan fingerprint density at radius 2 is 2.24 bits per heavy atom. The van der Waals surface area contributed by atoms with E-state index in [2.05, 4.69) is 10.1 Å². The summed E-state index contributed by atoms with van der Waals surface area (Å²) in [5.74, 6) is 2.08. The first-order chi connectivity index (χ1) is 10.1. The highest BCUT2D eigenvalue weighted by Gasteiger charge is 2.35. The van der Waals surface area contributed by atoms with Gasteiger partial charge in [-0.05, 0) is 31.6 Å². The van der Waals surface area contributed by atoms with Crippen LogP contribution in [0, 0.1) is 18.8 Å². The minimum Gasteiger partial charge on any atom is -0.342 e. The third kappa shape index (κ3) is 3.26. The summed E-state index contributed by atoms with van der Waals surface area (Å²) in [7, 11) is 0. The van der Waals surface area contributed by atoms with E-state index in [9.17, 15) is 4.79 Å². The average Bonchev–Trinajstić information content (AvgIpc) is 3.07. The van der Waals surface area contributed by atoms with Crippen molar-refractivity contribution in [2.45, 2.75) is 51.5 Å². The zero-order valence-corrected chi connectivity index (χ0v) is 12.6. The van der Waals surface area contributed by atoms with Crippen LogP contribution in [0.15, 0.2) is 4.52 Å². The van der Waals surface area contributed by atoms with Gasteiger partial charge in [-0.1, -0.05) is 11.6 Å². The molecule has 6 nitrogen and oxygen atoms in total. The number of carbonyl (C=O) groups excluding carboxylic acids is 1. The second kappa shape index (κ2) is 6.13. The Morgan fingerprint density at radius 1 is 1.38 bits per heavy atom. The van der Waals surface area contributed by atoms with Gasteiger partial charge in [0.15, 0.2) is 5.82 Å². The van der Waals surface area contributed by atoms with Crippen LogP contribution >= 0.6 is 0 Å². The lowest BCUT2D eigenvalue weighted by Crippen LogP contribution is -2.46. The molecule has 0 radical (unpaired) electrons. The molecular formula is C15H24N4O2. The predicted molar refractivity (Wildman–Crippen MR) is 77.4 cm³/mol. The Balaban J connectivity index is 1.58. The van der Waals surface area contributed by atoms with Crippen LogP contribution in [-0.2, 0) is 11.2 Å². The van der Waals surface area contributed by atoms with Gasteiger partial charge in [0.2, 0.25) is 11.8 Å². The standard InChI is InChI=1S/C15H24N4O2/c1-10-17-14(18-21-10)8-11-4-3-7-19(9-11)15(20)12-5-2-6-13(12)16/h11-13H,2-9,16H2,1H3/t11-,12+,13-/m0/s1. The summed E-state index contributed by atoms with van der Waals surface area (Å²) in [5.41, 5.74) is 6.07. The number of likely N-dealkylation sites (tertiary alicyclic amines) is 1. The SMILES string of the molecule is Cc1nc(C[C@@H]2CCCN(C(=O)[C@@H]3CCC[C@@H]3N)C2)no1. The van der Waals surface area contributed by atoms with Crippen molar-refractivity contribution in [3.8, 4) is 0 Å². The van der Waals surface area contributed by atoms with Gasteiger partial charge in [0.1, 0.15) is 0 Å². The van der Waals surface area contributed by atoms with Crippen LogP contribution in [0.25, 0.3) is 0 Å². The molecule has 1 aromatic rings.